The first-order valence-corrected chi connectivity index (χ1v) is 18.0. The molecule has 3 aromatic rings. The number of hydrogen-bond acceptors (Lipinski definition) is 6. The summed E-state index contributed by atoms with van der Waals surface area (Å²) in [7, 11) is 0. The maximum absolute atomic E-state index is 13.1. The number of piperazine rings is 1. The molecule has 4 saturated heterocycles. The van der Waals surface area contributed by atoms with Gasteiger partial charge in [0, 0.05) is 83.1 Å². The Morgan fingerprint density at radius 1 is 0.708 bits per heavy atom. The highest BCUT2D eigenvalue weighted by Crippen LogP contribution is 2.32. The predicted octanol–water partition coefficient (Wildman–Crippen LogP) is 5.84. The molecule has 4 fully saturated rings. The summed E-state index contributed by atoms with van der Waals surface area (Å²) in [4.78, 5) is 37.7. The molecule has 3 amide bonds. The van der Waals surface area contributed by atoms with Gasteiger partial charge >= 0.3 is 12.1 Å². The minimum atomic E-state index is -0.396. The summed E-state index contributed by atoms with van der Waals surface area (Å²) in [6.07, 6.45) is 4.48. The number of hydrogen-bond donors (Lipinski definition) is 1. The van der Waals surface area contributed by atoms with Crippen LogP contribution in [0.1, 0.15) is 37.7 Å². The van der Waals surface area contributed by atoms with Crippen LogP contribution in [0.25, 0.3) is 11.1 Å². The third kappa shape index (κ3) is 8.02. The van der Waals surface area contributed by atoms with Gasteiger partial charge in [-0.3, -0.25) is 15.1 Å². The number of benzene rings is 3. The van der Waals surface area contributed by atoms with Crippen molar-refractivity contribution in [2.24, 2.45) is 0 Å². The van der Waals surface area contributed by atoms with Gasteiger partial charge in [-0.25, -0.2) is 9.59 Å². The molecule has 0 aliphatic carbocycles. The highest BCUT2D eigenvalue weighted by atomic mass is 16.6. The van der Waals surface area contributed by atoms with Gasteiger partial charge in [-0.2, -0.15) is 0 Å². The molecular weight excluding hydrogens is 600 g/mol. The number of anilines is 1. The van der Waals surface area contributed by atoms with E-state index >= 15 is 0 Å². The van der Waals surface area contributed by atoms with Crippen molar-refractivity contribution in [2.75, 3.05) is 70.8 Å². The fourth-order valence-corrected chi connectivity index (χ4v) is 8.12. The first kappa shape index (κ1) is 32.6. The minimum Gasteiger partial charge on any atom is -0.446 e. The third-order valence-electron chi connectivity index (χ3n) is 10.7. The molecule has 4 heterocycles. The summed E-state index contributed by atoms with van der Waals surface area (Å²) in [6.45, 7) is 10.6. The quantitative estimate of drug-likeness (QED) is 0.251. The molecule has 1 N–H and O–H groups in total. The van der Waals surface area contributed by atoms with Crippen LogP contribution in [0, 0.1) is 0 Å². The molecule has 0 saturated carbocycles. The van der Waals surface area contributed by atoms with Crippen LogP contribution in [0.2, 0.25) is 0 Å². The first-order valence-electron chi connectivity index (χ1n) is 18.0. The molecule has 4 aliphatic heterocycles. The van der Waals surface area contributed by atoms with Crippen LogP contribution in [-0.4, -0.2) is 120 Å². The molecule has 2 atom stereocenters. The number of para-hydroxylation sites is 1. The summed E-state index contributed by atoms with van der Waals surface area (Å²) in [5, 5.41) is 2.96. The van der Waals surface area contributed by atoms with Gasteiger partial charge < -0.3 is 19.4 Å². The molecule has 9 heteroatoms. The Balaban J connectivity index is 0.756. The predicted molar refractivity (Wildman–Crippen MR) is 190 cm³/mol. The molecule has 0 spiro atoms. The van der Waals surface area contributed by atoms with E-state index < -0.39 is 6.09 Å². The van der Waals surface area contributed by atoms with E-state index in [1.165, 1.54) is 18.5 Å². The van der Waals surface area contributed by atoms with Crippen LogP contribution in [0.4, 0.5) is 15.3 Å². The Hall–Kier alpha value is -3.92. The number of piperidine rings is 1. The number of rotatable bonds is 13. The number of ether oxygens (including phenoxy) is 1. The fourth-order valence-electron chi connectivity index (χ4n) is 8.12. The number of carbonyl (C=O) groups excluding carboxylic acids is 2. The van der Waals surface area contributed by atoms with Crippen molar-refractivity contribution >= 4 is 17.8 Å². The van der Waals surface area contributed by atoms with E-state index in [0.29, 0.717) is 12.1 Å². The van der Waals surface area contributed by atoms with Crippen molar-refractivity contribution in [3.63, 3.8) is 0 Å². The van der Waals surface area contributed by atoms with Crippen LogP contribution in [0.5, 0.6) is 0 Å². The van der Waals surface area contributed by atoms with Crippen molar-refractivity contribution in [3.05, 3.63) is 90.5 Å². The standard InChI is InChI=1S/C39H50N6O3/c46-38(40-37-16-8-7-15-36(37)32-13-5-2-6-14-32)48-35-17-23-41(24-18-35)19-9-20-42-25-26-43(39(42)47)21-10-22-44-29-34-27-33(44)30-45(34)28-31-11-3-1-4-12-31/h1-8,11-16,33-35H,9-10,17-30H2,(H,40,46)/t33-,34-/m1/s1. The van der Waals surface area contributed by atoms with E-state index in [1.807, 2.05) is 59.5 Å². The third-order valence-corrected chi connectivity index (χ3v) is 10.7. The van der Waals surface area contributed by atoms with E-state index in [2.05, 4.69) is 55.2 Å². The van der Waals surface area contributed by atoms with Crippen LogP contribution in [0.3, 0.4) is 0 Å². The molecule has 0 radical (unpaired) electrons. The van der Waals surface area contributed by atoms with Crippen LogP contribution in [0.15, 0.2) is 84.9 Å². The van der Waals surface area contributed by atoms with Crippen LogP contribution < -0.4 is 5.32 Å². The number of nitrogens with one attached hydrogen (secondary N) is 1. The Morgan fingerprint density at radius 3 is 2.04 bits per heavy atom. The SMILES string of the molecule is O=C(Nc1ccccc1-c1ccccc1)OC1CCN(CCCN2CCN(CCCN3C[C@H]4C[C@@H]3CN4Cc3ccccc3)C2=O)CC1. The minimum absolute atomic E-state index is 0.0807. The van der Waals surface area contributed by atoms with E-state index in [-0.39, 0.29) is 12.1 Å². The normalized spacial score (nSPS) is 22.1. The fraction of sp³-hybridized carbons (Fsp3) is 0.487. The van der Waals surface area contributed by atoms with Crippen molar-refractivity contribution in [1.82, 2.24) is 24.5 Å². The molecule has 0 aromatic heterocycles. The zero-order valence-electron chi connectivity index (χ0n) is 28.1. The lowest BCUT2D eigenvalue weighted by molar-refractivity contribution is 0.0581. The lowest BCUT2D eigenvalue weighted by atomic mass is 10.0. The number of amides is 3. The molecule has 0 unspecified atom stereocenters. The van der Waals surface area contributed by atoms with Gasteiger partial charge in [0.05, 0.1) is 5.69 Å². The monoisotopic (exact) mass is 650 g/mol. The van der Waals surface area contributed by atoms with Gasteiger partial charge in [-0.1, -0.05) is 78.9 Å². The molecule has 4 aliphatic rings. The van der Waals surface area contributed by atoms with E-state index in [4.69, 9.17) is 4.74 Å². The lowest BCUT2D eigenvalue weighted by Crippen LogP contribution is -2.46. The van der Waals surface area contributed by atoms with Crippen molar-refractivity contribution in [3.8, 4) is 11.1 Å². The molecule has 7 rings (SSSR count). The van der Waals surface area contributed by atoms with Gasteiger partial charge in [0.25, 0.3) is 0 Å². The van der Waals surface area contributed by atoms with Crippen molar-refractivity contribution in [2.45, 2.75) is 56.8 Å². The second-order valence-electron chi connectivity index (χ2n) is 13.9. The summed E-state index contributed by atoms with van der Waals surface area (Å²) >= 11 is 0. The lowest BCUT2D eigenvalue weighted by Gasteiger charge is -2.34. The average molecular weight is 651 g/mol. The summed E-state index contributed by atoms with van der Waals surface area (Å²) in [5.41, 5.74) is 4.20. The molecule has 2 bridgehead atoms. The second kappa shape index (κ2) is 15.5. The molecule has 3 aromatic carbocycles. The Labute approximate surface area is 285 Å². The van der Waals surface area contributed by atoms with Crippen LogP contribution >= 0.6 is 0 Å². The Kier molecular flexibility index (Phi) is 10.6. The van der Waals surface area contributed by atoms with Gasteiger partial charge in [-0.15, -0.1) is 0 Å². The topological polar surface area (TPSA) is 71.6 Å². The zero-order chi connectivity index (χ0) is 32.7. The summed E-state index contributed by atoms with van der Waals surface area (Å²) < 4.78 is 5.81. The number of likely N-dealkylation sites (tertiary alicyclic amines) is 3. The average Bonchev–Trinajstić information content (AvgIpc) is 3.81. The molecular formula is C39H50N6O3. The Bertz CT molecular complexity index is 1500. The van der Waals surface area contributed by atoms with Crippen molar-refractivity contribution in [1.29, 1.82) is 0 Å². The number of fused-ring (bicyclic) bond motifs is 2. The van der Waals surface area contributed by atoms with Crippen LogP contribution in [-0.2, 0) is 11.3 Å². The van der Waals surface area contributed by atoms with E-state index in [9.17, 15) is 9.59 Å². The first-order chi connectivity index (χ1) is 23.6. The summed E-state index contributed by atoms with van der Waals surface area (Å²) in [5.74, 6) is 0. The maximum atomic E-state index is 13.1. The highest BCUT2D eigenvalue weighted by molar-refractivity contribution is 5.91. The Morgan fingerprint density at radius 2 is 1.33 bits per heavy atom. The van der Waals surface area contributed by atoms with E-state index in [0.717, 1.165) is 108 Å². The van der Waals surface area contributed by atoms with E-state index in [1.54, 1.807) is 0 Å². The highest BCUT2D eigenvalue weighted by Gasteiger charge is 2.42. The van der Waals surface area contributed by atoms with Gasteiger partial charge in [0.1, 0.15) is 6.10 Å². The van der Waals surface area contributed by atoms with Gasteiger partial charge in [0.2, 0.25) is 0 Å². The molecule has 9 nitrogen and oxygen atoms in total. The van der Waals surface area contributed by atoms with Gasteiger partial charge in [-0.05, 0) is 55.8 Å². The molecule has 254 valence electrons. The number of urea groups is 1. The van der Waals surface area contributed by atoms with Crippen molar-refractivity contribution < 1.29 is 14.3 Å². The second-order valence-corrected chi connectivity index (χ2v) is 13.9. The van der Waals surface area contributed by atoms with Gasteiger partial charge in [0.15, 0.2) is 0 Å². The smallest absolute Gasteiger partial charge is 0.411 e. The molecule has 48 heavy (non-hydrogen) atoms. The summed E-state index contributed by atoms with van der Waals surface area (Å²) in [6, 6.07) is 30.2. The number of carbonyl (C=O) groups is 2. The maximum Gasteiger partial charge on any atom is 0.411 e. The number of nitrogens with zero attached hydrogens (tertiary/aromatic N) is 5. The largest absolute Gasteiger partial charge is 0.446 e. The zero-order valence-corrected chi connectivity index (χ0v) is 28.1.